The van der Waals surface area contributed by atoms with Crippen molar-refractivity contribution >= 4 is 21.9 Å². The molecule has 0 bridgehead atoms. The SMILES string of the molecule is c1ccc(-c2ccc(-c3cccc4c3oc3ccc(-c5nc(-c6ccccc6)nc(-c6cccc(-c7ccccc7)c6)n5)cc34)cc2)cc1. The zero-order valence-electron chi connectivity index (χ0n) is 26.5. The Morgan fingerprint density at radius 1 is 0.306 bits per heavy atom. The van der Waals surface area contributed by atoms with Gasteiger partial charge in [0.2, 0.25) is 0 Å². The first-order chi connectivity index (χ1) is 24.3. The topological polar surface area (TPSA) is 51.8 Å². The molecule has 0 saturated carbocycles. The summed E-state index contributed by atoms with van der Waals surface area (Å²) in [6.07, 6.45) is 0. The van der Waals surface area contributed by atoms with Crippen LogP contribution in [0.15, 0.2) is 180 Å². The molecule has 0 atom stereocenters. The van der Waals surface area contributed by atoms with Crippen LogP contribution in [-0.4, -0.2) is 15.0 Å². The van der Waals surface area contributed by atoms with Gasteiger partial charge in [0.05, 0.1) is 0 Å². The fraction of sp³-hybridized carbons (Fsp3) is 0. The van der Waals surface area contributed by atoms with E-state index in [1.54, 1.807) is 0 Å². The van der Waals surface area contributed by atoms with Crippen LogP contribution >= 0.6 is 0 Å². The van der Waals surface area contributed by atoms with E-state index in [-0.39, 0.29) is 0 Å². The van der Waals surface area contributed by atoms with Crippen molar-refractivity contribution in [2.75, 3.05) is 0 Å². The first-order valence-corrected chi connectivity index (χ1v) is 16.4. The summed E-state index contributed by atoms with van der Waals surface area (Å²) in [5.41, 5.74) is 11.2. The zero-order valence-corrected chi connectivity index (χ0v) is 26.5. The van der Waals surface area contributed by atoms with E-state index in [1.807, 2.05) is 54.6 Å². The lowest BCUT2D eigenvalue weighted by Gasteiger charge is -2.10. The molecule has 49 heavy (non-hydrogen) atoms. The molecule has 0 spiro atoms. The summed E-state index contributed by atoms with van der Waals surface area (Å²) in [7, 11) is 0. The van der Waals surface area contributed by atoms with Crippen LogP contribution in [-0.2, 0) is 0 Å². The predicted molar refractivity (Wildman–Crippen MR) is 200 cm³/mol. The maximum Gasteiger partial charge on any atom is 0.164 e. The minimum absolute atomic E-state index is 0.609. The van der Waals surface area contributed by atoms with Crippen molar-refractivity contribution in [3.05, 3.63) is 176 Å². The largest absolute Gasteiger partial charge is 0.455 e. The minimum Gasteiger partial charge on any atom is -0.455 e. The first kappa shape index (κ1) is 28.6. The second-order valence-corrected chi connectivity index (χ2v) is 12.1. The molecule has 9 aromatic rings. The Morgan fingerprint density at radius 2 is 0.776 bits per heavy atom. The van der Waals surface area contributed by atoms with Gasteiger partial charge in [-0.25, -0.2) is 15.0 Å². The van der Waals surface area contributed by atoms with Gasteiger partial charge >= 0.3 is 0 Å². The van der Waals surface area contributed by atoms with Crippen LogP contribution in [0.4, 0.5) is 0 Å². The Labute approximate surface area is 284 Å². The van der Waals surface area contributed by atoms with Crippen molar-refractivity contribution in [2.24, 2.45) is 0 Å². The average Bonchev–Trinajstić information content (AvgIpc) is 3.57. The van der Waals surface area contributed by atoms with Gasteiger partial charge in [-0.3, -0.25) is 0 Å². The molecule has 0 aliphatic rings. The normalized spacial score (nSPS) is 11.3. The number of aromatic nitrogens is 3. The number of hydrogen-bond donors (Lipinski definition) is 0. The van der Waals surface area contributed by atoms with Crippen LogP contribution in [0, 0.1) is 0 Å². The van der Waals surface area contributed by atoms with E-state index in [9.17, 15) is 0 Å². The highest BCUT2D eigenvalue weighted by atomic mass is 16.3. The number of benzene rings is 7. The van der Waals surface area contributed by atoms with Crippen LogP contribution in [0.1, 0.15) is 0 Å². The summed E-state index contributed by atoms with van der Waals surface area (Å²) in [6.45, 7) is 0. The Morgan fingerprint density at radius 3 is 1.45 bits per heavy atom. The molecule has 7 aromatic carbocycles. The summed E-state index contributed by atoms with van der Waals surface area (Å²) in [5.74, 6) is 1.86. The molecule has 2 aromatic heterocycles. The van der Waals surface area contributed by atoms with E-state index >= 15 is 0 Å². The summed E-state index contributed by atoms with van der Waals surface area (Å²) >= 11 is 0. The van der Waals surface area contributed by atoms with E-state index in [1.165, 1.54) is 11.1 Å². The monoisotopic (exact) mass is 627 g/mol. The van der Waals surface area contributed by atoms with E-state index < -0.39 is 0 Å². The van der Waals surface area contributed by atoms with Gasteiger partial charge < -0.3 is 4.42 Å². The molecular weight excluding hydrogens is 599 g/mol. The molecule has 4 heteroatoms. The van der Waals surface area contributed by atoms with Crippen molar-refractivity contribution in [3.63, 3.8) is 0 Å². The highest BCUT2D eigenvalue weighted by Gasteiger charge is 2.17. The molecule has 9 rings (SSSR count). The van der Waals surface area contributed by atoms with Crippen LogP contribution in [0.2, 0.25) is 0 Å². The fourth-order valence-electron chi connectivity index (χ4n) is 6.46. The summed E-state index contributed by atoms with van der Waals surface area (Å²) in [4.78, 5) is 15.0. The fourth-order valence-corrected chi connectivity index (χ4v) is 6.46. The van der Waals surface area contributed by atoms with Gasteiger partial charge in [-0.1, -0.05) is 152 Å². The van der Waals surface area contributed by atoms with E-state index in [2.05, 4.69) is 121 Å². The highest BCUT2D eigenvalue weighted by Crippen LogP contribution is 2.38. The molecule has 0 radical (unpaired) electrons. The smallest absolute Gasteiger partial charge is 0.164 e. The summed E-state index contributed by atoms with van der Waals surface area (Å²) in [5, 5.41) is 2.07. The second-order valence-electron chi connectivity index (χ2n) is 12.1. The summed E-state index contributed by atoms with van der Waals surface area (Å²) in [6, 6.07) is 60.4. The maximum absolute atomic E-state index is 6.53. The lowest BCUT2D eigenvalue weighted by atomic mass is 9.98. The third kappa shape index (κ3) is 5.45. The van der Waals surface area contributed by atoms with Gasteiger partial charge in [-0.15, -0.1) is 0 Å². The lowest BCUT2D eigenvalue weighted by molar-refractivity contribution is 0.670. The van der Waals surface area contributed by atoms with E-state index in [4.69, 9.17) is 19.4 Å². The highest BCUT2D eigenvalue weighted by molar-refractivity contribution is 6.10. The minimum atomic E-state index is 0.609. The molecular formula is C45H29N3O. The molecule has 230 valence electrons. The predicted octanol–water partition coefficient (Wildman–Crippen LogP) is 11.8. The number of nitrogens with zero attached hydrogens (tertiary/aromatic N) is 3. The van der Waals surface area contributed by atoms with Gasteiger partial charge in [0, 0.05) is 33.0 Å². The van der Waals surface area contributed by atoms with Crippen molar-refractivity contribution in [1.82, 2.24) is 15.0 Å². The average molecular weight is 628 g/mol. The molecule has 0 N–H and O–H groups in total. The molecule has 0 saturated heterocycles. The van der Waals surface area contributed by atoms with Crippen molar-refractivity contribution < 1.29 is 4.42 Å². The molecule has 2 heterocycles. The standard InChI is InChI=1S/C45H29N3O/c1-4-12-30(13-5-1)32-22-24-33(25-23-32)38-20-11-21-39-40-29-37(26-27-41(40)49-42(38)39)45-47-43(34-16-8-3-9-17-34)46-44(48-45)36-19-10-18-35(28-36)31-14-6-2-7-15-31/h1-29H. The molecule has 0 aliphatic carbocycles. The Kier molecular flexibility index (Phi) is 7.10. The van der Waals surface area contributed by atoms with Gasteiger partial charge in [-0.2, -0.15) is 0 Å². The molecule has 0 amide bonds. The third-order valence-electron chi connectivity index (χ3n) is 8.95. The van der Waals surface area contributed by atoms with Crippen molar-refractivity contribution in [2.45, 2.75) is 0 Å². The number of furan rings is 1. The molecule has 0 fully saturated rings. The Bertz CT molecular complexity index is 2580. The van der Waals surface area contributed by atoms with Crippen LogP contribution < -0.4 is 0 Å². The lowest BCUT2D eigenvalue weighted by Crippen LogP contribution is -2.00. The first-order valence-electron chi connectivity index (χ1n) is 16.4. The Balaban J connectivity index is 1.15. The van der Waals surface area contributed by atoms with Gasteiger partial charge in [-0.05, 0) is 52.1 Å². The van der Waals surface area contributed by atoms with Gasteiger partial charge in [0.1, 0.15) is 11.2 Å². The Hall–Kier alpha value is -6.65. The number of fused-ring (bicyclic) bond motifs is 3. The zero-order chi connectivity index (χ0) is 32.6. The molecule has 0 aliphatic heterocycles. The summed E-state index contributed by atoms with van der Waals surface area (Å²) < 4.78 is 6.53. The maximum atomic E-state index is 6.53. The van der Waals surface area contributed by atoms with E-state index in [0.29, 0.717) is 17.5 Å². The quantitative estimate of drug-likeness (QED) is 0.184. The third-order valence-corrected chi connectivity index (χ3v) is 8.95. The van der Waals surface area contributed by atoms with Crippen LogP contribution in [0.5, 0.6) is 0 Å². The number of rotatable bonds is 6. The van der Waals surface area contributed by atoms with Crippen LogP contribution in [0.25, 0.3) is 89.5 Å². The molecule has 0 unspecified atom stereocenters. The number of hydrogen-bond acceptors (Lipinski definition) is 4. The molecule has 4 nitrogen and oxygen atoms in total. The van der Waals surface area contributed by atoms with Crippen molar-refractivity contribution in [1.29, 1.82) is 0 Å². The van der Waals surface area contributed by atoms with Crippen molar-refractivity contribution in [3.8, 4) is 67.5 Å². The second kappa shape index (κ2) is 12.2. The number of para-hydroxylation sites is 1. The van der Waals surface area contributed by atoms with Gasteiger partial charge in [0.15, 0.2) is 17.5 Å². The van der Waals surface area contributed by atoms with Gasteiger partial charge in [0.25, 0.3) is 0 Å². The van der Waals surface area contributed by atoms with Crippen LogP contribution in [0.3, 0.4) is 0 Å². The van der Waals surface area contributed by atoms with E-state index in [0.717, 1.165) is 60.9 Å².